The summed E-state index contributed by atoms with van der Waals surface area (Å²) < 4.78 is 70.4. The van der Waals surface area contributed by atoms with E-state index < -0.39 is 27.7 Å². The van der Waals surface area contributed by atoms with Gasteiger partial charge in [0, 0.05) is 18.8 Å². The van der Waals surface area contributed by atoms with Crippen molar-refractivity contribution in [2.45, 2.75) is 30.3 Å². The molecule has 1 saturated heterocycles. The topological polar surface area (TPSA) is 75.7 Å². The van der Waals surface area contributed by atoms with Crippen molar-refractivity contribution in [2.75, 3.05) is 25.5 Å². The third-order valence-electron chi connectivity index (χ3n) is 4.84. The lowest BCUT2D eigenvalue weighted by atomic mass is 10.1. The minimum absolute atomic E-state index is 0.0320. The van der Waals surface area contributed by atoms with E-state index in [0.717, 1.165) is 43.5 Å². The first kappa shape index (κ1) is 22.1. The molecule has 1 aliphatic heterocycles. The number of rotatable bonds is 5. The highest BCUT2D eigenvalue weighted by Gasteiger charge is 2.30. The number of ether oxygens (including phenoxy) is 1. The fraction of sp³-hybridized carbons (Fsp3) is 0.350. The van der Waals surface area contributed by atoms with E-state index in [9.17, 15) is 26.4 Å². The van der Waals surface area contributed by atoms with Crippen molar-refractivity contribution in [1.82, 2.24) is 4.31 Å². The van der Waals surface area contributed by atoms with Gasteiger partial charge in [0.15, 0.2) is 0 Å². The van der Waals surface area contributed by atoms with Crippen molar-refractivity contribution >= 4 is 21.6 Å². The van der Waals surface area contributed by atoms with Crippen LogP contribution < -0.4 is 10.1 Å². The molecule has 0 aliphatic carbocycles. The summed E-state index contributed by atoms with van der Waals surface area (Å²) in [5.74, 6) is -0.542. The van der Waals surface area contributed by atoms with Crippen LogP contribution in [0.2, 0.25) is 0 Å². The molecule has 162 valence electrons. The number of halogens is 3. The number of sulfonamides is 1. The van der Waals surface area contributed by atoms with Gasteiger partial charge in [0.25, 0.3) is 5.91 Å². The Morgan fingerprint density at radius 1 is 1.03 bits per heavy atom. The van der Waals surface area contributed by atoms with Crippen LogP contribution in [-0.4, -0.2) is 38.8 Å². The number of hydrogen-bond donors (Lipinski definition) is 1. The first-order valence-electron chi connectivity index (χ1n) is 9.30. The number of hydrogen-bond acceptors (Lipinski definition) is 4. The molecule has 1 N–H and O–H groups in total. The van der Waals surface area contributed by atoms with Gasteiger partial charge >= 0.3 is 6.18 Å². The van der Waals surface area contributed by atoms with Crippen molar-refractivity contribution in [2.24, 2.45) is 0 Å². The second-order valence-corrected chi connectivity index (χ2v) is 8.79. The summed E-state index contributed by atoms with van der Waals surface area (Å²) in [6.45, 7) is 0.836. The molecule has 0 aromatic heterocycles. The number of piperidine rings is 1. The van der Waals surface area contributed by atoms with Gasteiger partial charge in [-0.15, -0.1) is 0 Å². The zero-order chi connectivity index (χ0) is 21.9. The van der Waals surface area contributed by atoms with E-state index >= 15 is 0 Å². The number of carbonyl (C=O) groups is 1. The van der Waals surface area contributed by atoms with Gasteiger partial charge in [-0.2, -0.15) is 17.5 Å². The number of amides is 1. The Hall–Kier alpha value is -2.59. The number of methoxy groups -OCH3 is 1. The Morgan fingerprint density at radius 3 is 2.23 bits per heavy atom. The average molecular weight is 442 g/mol. The summed E-state index contributed by atoms with van der Waals surface area (Å²) in [4.78, 5) is 12.7. The van der Waals surface area contributed by atoms with E-state index in [0.29, 0.717) is 13.1 Å². The van der Waals surface area contributed by atoms with Gasteiger partial charge in [0.1, 0.15) is 5.75 Å². The van der Waals surface area contributed by atoms with Gasteiger partial charge in [-0.3, -0.25) is 4.79 Å². The molecule has 3 rings (SSSR count). The van der Waals surface area contributed by atoms with Gasteiger partial charge in [-0.1, -0.05) is 6.42 Å². The predicted octanol–water partition coefficient (Wildman–Crippen LogP) is 4.14. The Labute approximate surface area is 172 Å². The quantitative estimate of drug-likeness (QED) is 0.755. The van der Waals surface area contributed by atoms with Gasteiger partial charge < -0.3 is 10.1 Å². The molecule has 0 unspecified atom stereocenters. The zero-order valence-corrected chi connectivity index (χ0v) is 17.0. The van der Waals surface area contributed by atoms with E-state index in [1.807, 2.05) is 0 Å². The van der Waals surface area contributed by atoms with Crippen LogP contribution in [0.5, 0.6) is 5.75 Å². The van der Waals surface area contributed by atoms with Crippen molar-refractivity contribution in [3.63, 3.8) is 0 Å². The van der Waals surface area contributed by atoms with Gasteiger partial charge in [0.2, 0.25) is 10.0 Å². The minimum Gasteiger partial charge on any atom is -0.496 e. The summed E-state index contributed by atoms with van der Waals surface area (Å²) in [5, 5.41) is 2.48. The maximum absolute atomic E-state index is 12.9. The first-order chi connectivity index (χ1) is 14.1. The second kappa shape index (κ2) is 8.65. The zero-order valence-electron chi connectivity index (χ0n) is 16.2. The van der Waals surface area contributed by atoms with Crippen LogP contribution in [0.3, 0.4) is 0 Å². The van der Waals surface area contributed by atoms with Crippen LogP contribution in [0.4, 0.5) is 18.9 Å². The molecule has 2 aromatic carbocycles. The summed E-state index contributed by atoms with van der Waals surface area (Å²) in [5.41, 5.74) is -0.734. The third kappa shape index (κ3) is 4.76. The molecule has 0 bridgehead atoms. The third-order valence-corrected chi connectivity index (χ3v) is 6.73. The van der Waals surface area contributed by atoms with E-state index in [4.69, 9.17) is 4.74 Å². The molecule has 6 nitrogen and oxygen atoms in total. The number of carbonyl (C=O) groups excluding carboxylic acids is 1. The monoisotopic (exact) mass is 442 g/mol. The lowest BCUT2D eigenvalue weighted by Gasteiger charge is -2.26. The van der Waals surface area contributed by atoms with E-state index in [-0.39, 0.29) is 21.9 Å². The molecule has 0 saturated carbocycles. The van der Waals surface area contributed by atoms with Crippen molar-refractivity contribution < 1.29 is 31.1 Å². The lowest BCUT2D eigenvalue weighted by molar-refractivity contribution is -0.137. The molecule has 1 amide bonds. The van der Waals surface area contributed by atoms with Crippen LogP contribution in [0.25, 0.3) is 0 Å². The maximum atomic E-state index is 12.9. The Balaban J connectivity index is 1.87. The number of alkyl halides is 3. The SMILES string of the molecule is COc1ccc(S(=O)(=O)N2CCCCC2)cc1C(=O)Nc1ccc(C(F)(F)F)cc1. The van der Waals surface area contributed by atoms with Crippen molar-refractivity contribution in [1.29, 1.82) is 0 Å². The highest BCUT2D eigenvalue weighted by atomic mass is 32.2. The first-order valence-corrected chi connectivity index (χ1v) is 10.7. The fourth-order valence-corrected chi connectivity index (χ4v) is 4.76. The van der Waals surface area contributed by atoms with E-state index in [1.165, 1.54) is 29.6 Å². The van der Waals surface area contributed by atoms with Crippen LogP contribution in [0.15, 0.2) is 47.4 Å². The molecule has 30 heavy (non-hydrogen) atoms. The van der Waals surface area contributed by atoms with Gasteiger partial charge in [-0.25, -0.2) is 8.42 Å². The molecule has 10 heteroatoms. The maximum Gasteiger partial charge on any atom is 0.416 e. The predicted molar refractivity (Wildman–Crippen MR) is 105 cm³/mol. The molecular weight excluding hydrogens is 421 g/mol. The molecular formula is C20H21F3N2O4S. The van der Waals surface area contributed by atoms with Crippen LogP contribution in [-0.2, 0) is 16.2 Å². The Kier molecular flexibility index (Phi) is 6.37. The van der Waals surface area contributed by atoms with Crippen molar-refractivity contribution in [3.8, 4) is 5.75 Å². The Morgan fingerprint density at radius 2 is 1.67 bits per heavy atom. The molecule has 1 aliphatic rings. The summed E-state index contributed by atoms with van der Waals surface area (Å²) in [7, 11) is -2.43. The normalized spacial score (nSPS) is 15.6. The molecule has 0 radical (unpaired) electrons. The standard InChI is InChI=1S/C20H21F3N2O4S/c1-29-18-10-9-16(30(27,28)25-11-3-2-4-12-25)13-17(18)19(26)24-15-7-5-14(6-8-15)20(21,22)23/h5-10,13H,2-4,11-12H2,1H3,(H,24,26). The van der Waals surface area contributed by atoms with Gasteiger partial charge in [-0.05, 0) is 55.3 Å². The lowest BCUT2D eigenvalue weighted by Crippen LogP contribution is -2.35. The summed E-state index contributed by atoms with van der Waals surface area (Å²) >= 11 is 0. The highest BCUT2D eigenvalue weighted by Crippen LogP contribution is 2.30. The largest absolute Gasteiger partial charge is 0.496 e. The van der Waals surface area contributed by atoms with Crippen molar-refractivity contribution in [3.05, 3.63) is 53.6 Å². The van der Waals surface area contributed by atoms with Crippen LogP contribution >= 0.6 is 0 Å². The average Bonchev–Trinajstić information content (AvgIpc) is 2.73. The second-order valence-electron chi connectivity index (χ2n) is 6.86. The molecule has 0 spiro atoms. The molecule has 1 fully saturated rings. The number of nitrogens with one attached hydrogen (secondary N) is 1. The van der Waals surface area contributed by atoms with Gasteiger partial charge in [0.05, 0.1) is 23.1 Å². The van der Waals surface area contributed by atoms with E-state index in [2.05, 4.69) is 5.32 Å². The molecule has 0 atom stereocenters. The van der Waals surface area contributed by atoms with Crippen LogP contribution in [0.1, 0.15) is 35.2 Å². The fourth-order valence-electron chi connectivity index (χ4n) is 3.22. The number of anilines is 1. The molecule has 1 heterocycles. The van der Waals surface area contributed by atoms with Crippen LogP contribution in [0, 0.1) is 0 Å². The summed E-state index contributed by atoms with van der Waals surface area (Å²) in [6.07, 6.45) is -1.97. The number of benzene rings is 2. The number of nitrogens with zero attached hydrogens (tertiary/aromatic N) is 1. The Bertz CT molecular complexity index is 1020. The smallest absolute Gasteiger partial charge is 0.416 e. The summed E-state index contributed by atoms with van der Waals surface area (Å²) in [6, 6.07) is 7.94. The highest BCUT2D eigenvalue weighted by molar-refractivity contribution is 7.89. The minimum atomic E-state index is -4.48. The molecule has 2 aromatic rings. The van der Waals surface area contributed by atoms with E-state index in [1.54, 1.807) is 0 Å².